The summed E-state index contributed by atoms with van der Waals surface area (Å²) in [4.78, 5) is 27.5. The monoisotopic (exact) mass is 409 g/mol. The number of anilines is 1. The van der Waals surface area contributed by atoms with Crippen molar-refractivity contribution in [3.8, 4) is 0 Å². The maximum Gasteiger partial charge on any atom is 0.236 e. The van der Waals surface area contributed by atoms with Gasteiger partial charge < -0.3 is 9.80 Å². The third kappa shape index (κ3) is 3.62. The minimum Gasteiger partial charge on any atom is -0.352 e. The standard InChI is InChI=1S/C16H24BrN7O/c1-4-22(5-2)10-12(25)23-6-8-24(9-7-23)16-13-14(17)20-21(3)15(13)18-11-19-16/h11H,4-10H2,1-3H3. The lowest BCUT2D eigenvalue weighted by atomic mass is 10.2. The van der Waals surface area contributed by atoms with Crippen LogP contribution in [0.5, 0.6) is 0 Å². The number of aryl methyl sites for hydroxylation is 1. The molecule has 9 heteroatoms. The first-order valence-electron chi connectivity index (χ1n) is 8.63. The van der Waals surface area contributed by atoms with Gasteiger partial charge in [-0.05, 0) is 29.0 Å². The van der Waals surface area contributed by atoms with Gasteiger partial charge in [0.15, 0.2) is 5.65 Å². The van der Waals surface area contributed by atoms with Gasteiger partial charge in [-0.25, -0.2) is 14.6 Å². The Hall–Kier alpha value is -1.74. The van der Waals surface area contributed by atoms with Crippen LogP contribution in [0.25, 0.3) is 11.0 Å². The molecule has 2 aromatic heterocycles. The Balaban J connectivity index is 1.70. The molecule has 0 saturated carbocycles. The van der Waals surface area contributed by atoms with Crippen LogP contribution < -0.4 is 4.90 Å². The van der Waals surface area contributed by atoms with E-state index in [-0.39, 0.29) is 5.91 Å². The predicted octanol–water partition coefficient (Wildman–Crippen LogP) is 1.12. The molecule has 0 atom stereocenters. The molecular formula is C16H24BrN7O. The molecule has 0 unspecified atom stereocenters. The molecular weight excluding hydrogens is 386 g/mol. The van der Waals surface area contributed by atoms with Crippen molar-refractivity contribution in [2.24, 2.45) is 7.05 Å². The number of carbonyl (C=O) groups is 1. The first-order chi connectivity index (χ1) is 12.0. The summed E-state index contributed by atoms with van der Waals surface area (Å²) in [5.41, 5.74) is 0.803. The molecule has 1 amide bonds. The van der Waals surface area contributed by atoms with Crippen molar-refractivity contribution in [1.82, 2.24) is 29.5 Å². The van der Waals surface area contributed by atoms with E-state index in [0.717, 1.165) is 47.6 Å². The molecule has 0 spiro atoms. The second-order valence-corrected chi connectivity index (χ2v) is 6.89. The summed E-state index contributed by atoms with van der Waals surface area (Å²) < 4.78 is 2.50. The predicted molar refractivity (Wildman–Crippen MR) is 101 cm³/mol. The normalized spacial score (nSPS) is 15.4. The number of fused-ring (bicyclic) bond motifs is 1. The molecule has 8 nitrogen and oxygen atoms in total. The smallest absolute Gasteiger partial charge is 0.236 e. The molecule has 25 heavy (non-hydrogen) atoms. The summed E-state index contributed by atoms with van der Waals surface area (Å²) in [6, 6.07) is 0. The van der Waals surface area contributed by atoms with E-state index in [2.05, 4.69) is 54.6 Å². The van der Waals surface area contributed by atoms with E-state index in [9.17, 15) is 4.79 Å². The van der Waals surface area contributed by atoms with Crippen molar-refractivity contribution in [2.45, 2.75) is 13.8 Å². The van der Waals surface area contributed by atoms with Gasteiger partial charge >= 0.3 is 0 Å². The largest absolute Gasteiger partial charge is 0.352 e. The molecule has 136 valence electrons. The van der Waals surface area contributed by atoms with Crippen molar-refractivity contribution in [3.05, 3.63) is 10.9 Å². The minimum atomic E-state index is 0.207. The average Bonchev–Trinajstić information content (AvgIpc) is 2.94. The third-order valence-electron chi connectivity index (χ3n) is 4.74. The maximum atomic E-state index is 12.5. The van der Waals surface area contributed by atoms with E-state index < -0.39 is 0 Å². The quantitative estimate of drug-likeness (QED) is 0.736. The van der Waals surface area contributed by atoms with Crippen molar-refractivity contribution >= 4 is 38.7 Å². The van der Waals surface area contributed by atoms with E-state index in [0.29, 0.717) is 19.6 Å². The Morgan fingerprint density at radius 1 is 1.20 bits per heavy atom. The molecule has 0 aromatic carbocycles. The Morgan fingerprint density at radius 3 is 2.52 bits per heavy atom. The van der Waals surface area contributed by atoms with Gasteiger partial charge in [0.25, 0.3) is 0 Å². The van der Waals surface area contributed by atoms with Gasteiger partial charge in [0.1, 0.15) is 16.7 Å². The lowest BCUT2D eigenvalue weighted by Gasteiger charge is -2.36. The summed E-state index contributed by atoms with van der Waals surface area (Å²) in [6.45, 7) is 9.41. The van der Waals surface area contributed by atoms with E-state index >= 15 is 0 Å². The first kappa shape index (κ1) is 18.1. The van der Waals surface area contributed by atoms with Gasteiger partial charge in [-0.3, -0.25) is 9.69 Å². The highest BCUT2D eigenvalue weighted by Gasteiger charge is 2.25. The number of carbonyl (C=O) groups excluding carboxylic acids is 1. The second-order valence-electron chi connectivity index (χ2n) is 6.14. The Labute approximate surface area is 155 Å². The second kappa shape index (κ2) is 7.65. The zero-order valence-electron chi connectivity index (χ0n) is 14.9. The molecule has 3 heterocycles. The van der Waals surface area contributed by atoms with E-state index in [1.165, 1.54) is 0 Å². The van der Waals surface area contributed by atoms with Crippen molar-refractivity contribution in [1.29, 1.82) is 0 Å². The molecule has 2 aromatic rings. The molecule has 1 aliphatic heterocycles. The fraction of sp³-hybridized carbons (Fsp3) is 0.625. The van der Waals surface area contributed by atoms with Gasteiger partial charge in [-0.1, -0.05) is 13.8 Å². The van der Waals surface area contributed by atoms with E-state index in [1.54, 1.807) is 11.0 Å². The minimum absolute atomic E-state index is 0.207. The number of piperazine rings is 1. The zero-order valence-corrected chi connectivity index (χ0v) is 16.5. The lowest BCUT2D eigenvalue weighted by Crippen LogP contribution is -2.51. The van der Waals surface area contributed by atoms with Gasteiger partial charge in [0, 0.05) is 33.2 Å². The molecule has 3 rings (SSSR count). The van der Waals surface area contributed by atoms with Crippen LogP contribution in [0, 0.1) is 0 Å². The van der Waals surface area contributed by atoms with Gasteiger partial charge in [0.05, 0.1) is 11.9 Å². The highest BCUT2D eigenvalue weighted by molar-refractivity contribution is 9.10. The van der Waals surface area contributed by atoms with Crippen LogP contribution in [-0.2, 0) is 11.8 Å². The molecule has 0 N–H and O–H groups in total. The number of hydrogen-bond donors (Lipinski definition) is 0. The van der Waals surface area contributed by atoms with Crippen LogP contribution in [0.2, 0.25) is 0 Å². The molecule has 0 radical (unpaired) electrons. The molecule has 0 aliphatic carbocycles. The van der Waals surface area contributed by atoms with Crippen LogP contribution in [0.3, 0.4) is 0 Å². The first-order valence-corrected chi connectivity index (χ1v) is 9.42. The van der Waals surface area contributed by atoms with Crippen molar-refractivity contribution in [3.63, 3.8) is 0 Å². The summed E-state index contributed by atoms with van der Waals surface area (Å²) in [6.07, 6.45) is 1.57. The van der Waals surface area contributed by atoms with E-state index in [4.69, 9.17) is 0 Å². The van der Waals surface area contributed by atoms with Gasteiger partial charge in [-0.15, -0.1) is 0 Å². The topological polar surface area (TPSA) is 70.4 Å². The number of hydrogen-bond acceptors (Lipinski definition) is 6. The Kier molecular flexibility index (Phi) is 5.53. The van der Waals surface area contributed by atoms with Gasteiger partial charge in [0.2, 0.25) is 5.91 Å². The van der Waals surface area contributed by atoms with E-state index in [1.807, 2.05) is 11.9 Å². The maximum absolute atomic E-state index is 12.5. The average molecular weight is 410 g/mol. The summed E-state index contributed by atoms with van der Waals surface area (Å²) >= 11 is 3.50. The summed E-state index contributed by atoms with van der Waals surface area (Å²) in [5.74, 6) is 1.08. The number of aromatic nitrogens is 4. The highest BCUT2D eigenvalue weighted by atomic mass is 79.9. The van der Waals surface area contributed by atoms with Crippen molar-refractivity contribution in [2.75, 3.05) is 50.7 Å². The number of nitrogens with zero attached hydrogens (tertiary/aromatic N) is 7. The van der Waals surface area contributed by atoms with Crippen LogP contribution in [0.15, 0.2) is 10.9 Å². The molecule has 1 fully saturated rings. The molecule has 0 bridgehead atoms. The zero-order chi connectivity index (χ0) is 18.0. The molecule has 1 saturated heterocycles. The van der Waals surface area contributed by atoms with Crippen molar-refractivity contribution < 1.29 is 4.79 Å². The van der Waals surface area contributed by atoms with Gasteiger partial charge in [-0.2, -0.15) is 5.10 Å². The van der Waals surface area contributed by atoms with Crippen LogP contribution in [-0.4, -0.2) is 81.3 Å². The number of halogens is 1. The fourth-order valence-electron chi connectivity index (χ4n) is 3.17. The van der Waals surface area contributed by atoms with Crippen LogP contribution in [0.1, 0.15) is 13.8 Å². The third-order valence-corrected chi connectivity index (χ3v) is 5.30. The van der Waals surface area contributed by atoms with Crippen LogP contribution >= 0.6 is 15.9 Å². The SMILES string of the molecule is CCN(CC)CC(=O)N1CCN(c2ncnc3c2c(Br)nn3C)CC1. The number of likely N-dealkylation sites (N-methyl/N-ethyl adjacent to an activating group) is 1. The number of amides is 1. The fourth-order valence-corrected chi connectivity index (χ4v) is 3.76. The summed E-state index contributed by atoms with van der Waals surface area (Å²) in [5, 5.41) is 5.30. The Morgan fingerprint density at radius 2 is 1.88 bits per heavy atom. The number of rotatable bonds is 5. The highest BCUT2D eigenvalue weighted by Crippen LogP contribution is 2.29. The lowest BCUT2D eigenvalue weighted by molar-refractivity contribution is -0.132. The summed E-state index contributed by atoms with van der Waals surface area (Å²) in [7, 11) is 1.87. The van der Waals surface area contributed by atoms with Crippen LogP contribution in [0.4, 0.5) is 5.82 Å². The Bertz CT molecular complexity index is 750. The molecule has 1 aliphatic rings.